The van der Waals surface area contributed by atoms with Crippen molar-refractivity contribution in [3.8, 4) is 21.8 Å². The van der Waals surface area contributed by atoms with Gasteiger partial charge in [0.15, 0.2) is 11.5 Å². The van der Waals surface area contributed by atoms with Gasteiger partial charge in [-0.25, -0.2) is 4.98 Å². The molecular weight excluding hydrogens is 386 g/mol. The minimum absolute atomic E-state index is 0.104. The fraction of sp³-hybridized carbons (Fsp3) is 0.222. The minimum atomic E-state index is -0.638. The van der Waals surface area contributed by atoms with Gasteiger partial charge in [-0.05, 0) is 12.1 Å². The fourth-order valence-corrected chi connectivity index (χ4v) is 3.93. The van der Waals surface area contributed by atoms with Crippen LogP contribution in [0.1, 0.15) is 10.5 Å². The molecule has 0 radical (unpaired) electrons. The number of aromatic nitrogens is 3. The molecule has 1 aromatic carbocycles. The number of carbonyl (C=O) groups excluding carboxylic acids is 1. The molecule has 3 aromatic rings. The van der Waals surface area contributed by atoms with Gasteiger partial charge in [-0.2, -0.15) is 0 Å². The Morgan fingerprint density at radius 1 is 1.19 bits per heavy atom. The molecule has 0 spiro atoms. The molecule has 1 fully saturated rings. The molecule has 3 heterocycles. The Morgan fingerprint density at radius 2 is 1.96 bits per heavy atom. The second kappa shape index (κ2) is 7.59. The Kier molecular flexibility index (Phi) is 5.02. The highest BCUT2D eigenvalue weighted by Crippen LogP contribution is 2.34. The second-order valence-electron chi connectivity index (χ2n) is 5.95. The number of ether oxygens (including phenoxy) is 1. The maximum atomic E-state index is 11.9. The summed E-state index contributed by atoms with van der Waals surface area (Å²) >= 11 is 7.68. The Morgan fingerprint density at radius 3 is 2.70 bits per heavy atom. The van der Waals surface area contributed by atoms with E-state index in [1.54, 1.807) is 0 Å². The molecule has 7 nitrogen and oxygen atoms in total. The van der Waals surface area contributed by atoms with Crippen LogP contribution < -0.4 is 10.6 Å². The molecule has 0 bridgehead atoms. The van der Waals surface area contributed by atoms with Gasteiger partial charge in [0.2, 0.25) is 0 Å². The van der Waals surface area contributed by atoms with E-state index in [4.69, 9.17) is 22.1 Å². The first-order valence-electron chi connectivity index (χ1n) is 8.34. The summed E-state index contributed by atoms with van der Waals surface area (Å²) < 4.78 is 5.37. The lowest BCUT2D eigenvalue weighted by Crippen LogP contribution is -2.37. The van der Waals surface area contributed by atoms with Gasteiger partial charge in [0.25, 0.3) is 5.91 Å². The number of nitrogens with two attached hydrogens (primary N) is 1. The molecule has 0 aliphatic carbocycles. The van der Waals surface area contributed by atoms with E-state index in [0.717, 1.165) is 11.3 Å². The van der Waals surface area contributed by atoms with Crippen LogP contribution in [0.2, 0.25) is 5.02 Å². The number of rotatable bonds is 4. The Bertz CT molecular complexity index is 987. The third kappa shape index (κ3) is 3.64. The lowest BCUT2D eigenvalue weighted by atomic mass is 10.1. The number of primary amides is 1. The van der Waals surface area contributed by atoms with Gasteiger partial charge in [-0.1, -0.05) is 29.8 Å². The van der Waals surface area contributed by atoms with Crippen molar-refractivity contribution in [2.45, 2.75) is 0 Å². The molecule has 0 saturated carbocycles. The zero-order chi connectivity index (χ0) is 18.8. The van der Waals surface area contributed by atoms with Crippen molar-refractivity contribution in [1.82, 2.24) is 15.2 Å². The maximum absolute atomic E-state index is 11.9. The van der Waals surface area contributed by atoms with Crippen molar-refractivity contribution in [2.75, 3.05) is 31.2 Å². The molecule has 9 heteroatoms. The number of hydrogen-bond donors (Lipinski definition) is 1. The zero-order valence-electron chi connectivity index (χ0n) is 14.3. The Labute approximate surface area is 164 Å². The van der Waals surface area contributed by atoms with E-state index in [1.807, 2.05) is 35.7 Å². The lowest BCUT2D eigenvalue weighted by Gasteiger charge is -2.27. The number of carbonyl (C=O) groups is 1. The molecule has 1 aliphatic rings. The monoisotopic (exact) mass is 401 g/mol. The highest BCUT2D eigenvalue weighted by Gasteiger charge is 2.21. The molecule has 1 amide bonds. The molecule has 4 rings (SSSR count). The lowest BCUT2D eigenvalue weighted by molar-refractivity contribution is 0.0995. The molecule has 2 N–H and O–H groups in total. The maximum Gasteiger partial charge on any atom is 0.269 e. The predicted molar refractivity (Wildman–Crippen MR) is 105 cm³/mol. The van der Waals surface area contributed by atoms with Crippen LogP contribution >= 0.6 is 22.9 Å². The fourth-order valence-electron chi connectivity index (χ4n) is 2.86. The predicted octanol–water partition coefficient (Wildman–Crippen LogP) is 2.86. The summed E-state index contributed by atoms with van der Waals surface area (Å²) in [6, 6.07) is 9.30. The molecule has 1 saturated heterocycles. The van der Waals surface area contributed by atoms with Gasteiger partial charge < -0.3 is 15.4 Å². The summed E-state index contributed by atoms with van der Waals surface area (Å²) in [5, 5.41) is 11.4. The first-order chi connectivity index (χ1) is 13.1. The van der Waals surface area contributed by atoms with E-state index < -0.39 is 5.91 Å². The van der Waals surface area contributed by atoms with Crippen LogP contribution in [0.5, 0.6) is 0 Å². The number of thiazole rings is 1. The number of amides is 1. The van der Waals surface area contributed by atoms with Crippen LogP contribution in [-0.2, 0) is 4.74 Å². The van der Waals surface area contributed by atoms with E-state index in [1.165, 1.54) is 11.3 Å². The van der Waals surface area contributed by atoms with E-state index in [0.29, 0.717) is 47.7 Å². The van der Waals surface area contributed by atoms with Gasteiger partial charge in [0, 0.05) is 34.6 Å². The van der Waals surface area contributed by atoms with Crippen LogP contribution in [0.4, 0.5) is 5.82 Å². The smallest absolute Gasteiger partial charge is 0.269 e. The number of benzene rings is 1. The van der Waals surface area contributed by atoms with Crippen LogP contribution in [0, 0.1) is 0 Å². The number of hydrogen-bond acceptors (Lipinski definition) is 7. The molecular formula is C18H16ClN5O2S. The van der Waals surface area contributed by atoms with Crippen molar-refractivity contribution in [2.24, 2.45) is 5.73 Å². The number of halogens is 1. The molecule has 138 valence electrons. The number of nitrogens with zero attached hydrogens (tertiary/aromatic N) is 4. The van der Waals surface area contributed by atoms with Crippen LogP contribution in [0.15, 0.2) is 35.7 Å². The van der Waals surface area contributed by atoms with Crippen molar-refractivity contribution >= 4 is 34.7 Å². The first kappa shape index (κ1) is 17.8. The van der Waals surface area contributed by atoms with E-state index >= 15 is 0 Å². The van der Waals surface area contributed by atoms with Crippen LogP contribution in [0.25, 0.3) is 21.8 Å². The molecule has 0 unspecified atom stereocenters. The number of anilines is 1. The summed E-state index contributed by atoms with van der Waals surface area (Å²) in [5.74, 6) is 0.0355. The standard InChI is InChI=1S/C18H16ClN5O2S/c19-13-4-2-1-3-11(13)14-10-27-18(21-14)12-9-15(22-23-16(12)17(20)25)24-5-7-26-8-6-24/h1-4,9-10H,5-8H2,(H2,20,25). The van der Waals surface area contributed by atoms with Gasteiger partial charge in [-0.3, -0.25) is 4.79 Å². The largest absolute Gasteiger partial charge is 0.378 e. The van der Waals surface area contributed by atoms with Crippen molar-refractivity contribution in [1.29, 1.82) is 0 Å². The summed E-state index contributed by atoms with van der Waals surface area (Å²) in [7, 11) is 0. The van der Waals surface area contributed by atoms with Crippen LogP contribution in [-0.4, -0.2) is 47.4 Å². The normalized spacial score (nSPS) is 14.3. The minimum Gasteiger partial charge on any atom is -0.378 e. The second-order valence-corrected chi connectivity index (χ2v) is 7.21. The van der Waals surface area contributed by atoms with Crippen molar-refractivity contribution in [3.05, 3.63) is 46.4 Å². The average Bonchev–Trinajstić information content (AvgIpc) is 3.18. The first-order valence-corrected chi connectivity index (χ1v) is 9.60. The van der Waals surface area contributed by atoms with Gasteiger partial charge in [-0.15, -0.1) is 21.5 Å². The quantitative estimate of drug-likeness (QED) is 0.722. The summed E-state index contributed by atoms with van der Waals surface area (Å²) in [6.45, 7) is 2.69. The van der Waals surface area contributed by atoms with E-state index in [2.05, 4.69) is 20.1 Å². The molecule has 0 atom stereocenters. The van der Waals surface area contributed by atoms with Gasteiger partial charge in [0.05, 0.1) is 18.9 Å². The van der Waals surface area contributed by atoms with Crippen LogP contribution in [0.3, 0.4) is 0 Å². The Balaban J connectivity index is 1.75. The van der Waals surface area contributed by atoms with Gasteiger partial charge >= 0.3 is 0 Å². The average molecular weight is 402 g/mol. The third-order valence-corrected chi connectivity index (χ3v) is 5.44. The summed E-state index contributed by atoms with van der Waals surface area (Å²) in [6.07, 6.45) is 0. The molecule has 2 aromatic heterocycles. The third-order valence-electron chi connectivity index (χ3n) is 4.23. The summed E-state index contributed by atoms with van der Waals surface area (Å²) in [5.41, 5.74) is 7.75. The number of morpholine rings is 1. The van der Waals surface area contributed by atoms with Gasteiger partial charge in [0.1, 0.15) is 5.01 Å². The van der Waals surface area contributed by atoms with E-state index in [9.17, 15) is 4.79 Å². The molecule has 1 aliphatic heterocycles. The highest BCUT2D eigenvalue weighted by atomic mass is 35.5. The molecule has 27 heavy (non-hydrogen) atoms. The van der Waals surface area contributed by atoms with Crippen molar-refractivity contribution in [3.63, 3.8) is 0 Å². The SMILES string of the molecule is NC(=O)c1nnc(N2CCOCC2)cc1-c1nc(-c2ccccc2Cl)cs1. The topological polar surface area (TPSA) is 94.2 Å². The summed E-state index contributed by atoms with van der Waals surface area (Å²) in [4.78, 5) is 18.6. The zero-order valence-corrected chi connectivity index (χ0v) is 15.8. The highest BCUT2D eigenvalue weighted by molar-refractivity contribution is 7.13. The van der Waals surface area contributed by atoms with E-state index in [-0.39, 0.29) is 5.69 Å². The Hall–Kier alpha value is -2.55. The van der Waals surface area contributed by atoms with Crippen molar-refractivity contribution < 1.29 is 9.53 Å².